The van der Waals surface area contributed by atoms with Gasteiger partial charge in [0.15, 0.2) is 0 Å². The molecule has 2 atom stereocenters. The Labute approximate surface area is 70.8 Å². The van der Waals surface area contributed by atoms with Gasteiger partial charge in [-0.15, -0.1) is 0 Å². The fourth-order valence-corrected chi connectivity index (χ4v) is 1.96. The van der Waals surface area contributed by atoms with Crippen molar-refractivity contribution in [2.24, 2.45) is 11.1 Å². The Balaban J connectivity index is 2.67. The Morgan fingerprint density at radius 2 is 2.08 bits per heavy atom. The quantitative estimate of drug-likeness (QED) is 0.453. The average molecular weight is 196 g/mol. The van der Waals surface area contributed by atoms with Gasteiger partial charge in [0.05, 0.1) is 6.10 Å². The van der Waals surface area contributed by atoms with Gasteiger partial charge >= 0.3 is 0 Å². The fraction of sp³-hybridized carbons (Fsp3) is 1.00. The number of rotatable bonds is 2. The summed E-state index contributed by atoms with van der Waals surface area (Å²) in [6.45, 7) is -0.159. The predicted molar refractivity (Wildman–Crippen MR) is 41.3 cm³/mol. The molecule has 0 aromatic rings. The van der Waals surface area contributed by atoms with Crippen LogP contribution in [0.5, 0.6) is 0 Å². The summed E-state index contributed by atoms with van der Waals surface area (Å²) in [6, 6.07) is 0. The second-order valence-corrected chi connectivity index (χ2v) is 4.42. The van der Waals surface area contributed by atoms with Crippen LogP contribution in [0.25, 0.3) is 0 Å². The zero-order valence-corrected chi connectivity index (χ0v) is 7.24. The van der Waals surface area contributed by atoms with Crippen LogP contribution in [0, 0.1) is 5.92 Å². The Hall–Kier alpha value is -0.210. The molecule has 1 aliphatic heterocycles. The van der Waals surface area contributed by atoms with Gasteiger partial charge in [0.2, 0.25) is 0 Å². The monoisotopic (exact) mass is 196 g/mol. The molecule has 0 radical (unpaired) electrons. The minimum Gasteiger partial charge on any atom is -0.396 e. The van der Waals surface area contributed by atoms with Gasteiger partial charge < -0.3 is 10.2 Å². The van der Waals surface area contributed by atoms with Gasteiger partial charge in [0, 0.05) is 25.6 Å². The lowest BCUT2D eigenvalue weighted by Crippen LogP contribution is -2.35. The van der Waals surface area contributed by atoms with Crippen LogP contribution in [0.4, 0.5) is 0 Å². The maximum atomic E-state index is 10.8. The molecule has 12 heavy (non-hydrogen) atoms. The van der Waals surface area contributed by atoms with Crippen molar-refractivity contribution in [2.75, 3.05) is 19.7 Å². The van der Waals surface area contributed by atoms with E-state index < -0.39 is 22.2 Å². The van der Waals surface area contributed by atoms with E-state index in [1.807, 2.05) is 0 Å². The molecular weight excluding hydrogens is 184 g/mol. The van der Waals surface area contributed by atoms with Gasteiger partial charge in [-0.05, 0) is 0 Å². The molecule has 1 rings (SSSR count). The zero-order chi connectivity index (χ0) is 9.35. The summed E-state index contributed by atoms with van der Waals surface area (Å²) in [5.74, 6) is -0.414. The SMILES string of the molecule is NS(=O)(=O)N1CC(O)C(CO)C1. The van der Waals surface area contributed by atoms with Crippen molar-refractivity contribution >= 4 is 10.2 Å². The van der Waals surface area contributed by atoms with Gasteiger partial charge in [0.1, 0.15) is 0 Å². The summed E-state index contributed by atoms with van der Waals surface area (Å²) < 4.78 is 22.5. The smallest absolute Gasteiger partial charge is 0.277 e. The molecule has 0 aromatic carbocycles. The van der Waals surface area contributed by atoms with Crippen LogP contribution < -0.4 is 5.14 Å². The molecule has 0 spiro atoms. The normalized spacial score (nSPS) is 32.6. The zero-order valence-electron chi connectivity index (χ0n) is 6.42. The lowest BCUT2D eigenvalue weighted by molar-refractivity contribution is 0.104. The van der Waals surface area contributed by atoms with E-state index in [4.69, 9.17) is 10.2 Å². The third-order valence-electron chi connectivity index (χ3n) is 1.97. The predicted octanol–water partition coefficient (Wildman–Crippen LogP) is -2.53. The second-order valence-electron chi connectivity index (χ2n) is 2.87. The molecule has 0 aliphatic carbocycles. The summed E-state index contributed by atoms with van der Waals surface area (Å²) in [7, 11) is -3.72. The molecule has 7 heteroatoms. The maximum Gasteiger partial charge on any atom is 0.277 e. The van der Waals surface area contributed by atoms with Crippen LogP contribution in [0.2, 0.25) is 0 Å². The molecule has 0 saturated carbocycles. The van der Waals surface area contributed by atoms with Crippen LogP contribution in [-0.2, 0) is 10.2 Å². The first kappa shape index (κ1) is 9.87. The fourth-order valence-electron chi connectivity index (χ4n) is 1.20. The second kappa shape index (κ2) is 3.27. The third kappa shape index (κ3) is 1.93. The van der Waals surface area contributed by atoms with Gasteiger partial charge in [-0.3, -0.25) is 0 Å². The lowest BCUT2D eigenvalue weighted by Gasteiger charge is -2.10. The molecule has 72 valence electrons. The molecule has 4 N–H and O–H groups in total. The van der Waals surface area contributed by atoms with Crippen molar-refractivity contribution in [3.8, 4) is 0 Å². The first-order chi connectivity index (χ1) is 5.45. The molecule has 0 aromatic heterocycles. The first-order valence-corrected chi connectivity index (χ1v) is 5.02. The van der Waals surface area contributed by atoms with E-state index in [0.717, 1.165) is 4.31 Å². The highest BCUT2D eigenvalue weighted by molar-refractivity contribution is 7.86. The third-order valence-corrected chi connectivity index (χ3v) is 2.99. The number of β-amino-alcohol motifs (C(OH)–C–C–N with tert-alkyl or cyclic N) is 1. The average Bonchev–Trinajstić information content (AvgIpc) is 2.29. The van der Waals surface area contributed by atoms with Crippen molar-refractivity contribution in [3.63, 3.8) is 0 Å². The molecule has 1 saturated heterocycles. The first-order valence-electron chi connectivity index (χ1n) is 3.52. The molecule has 2 unspecified atom stereocenters. The van der Waals surface area contributed by atoms with Crippen molar-refractivity contribution in [1.29, 1.82) is 0 Å². The number of aliphatic hydroxyl groups is 2. The van der Waals surface area contributed by atoms with Crippen LogP contribution in [0.1, 0.15) is 0 Å². The highest BCUT2D eigenvalue weighted by Gasteiger charge is 2.35. The van der Waals surface area contributed by atoms with Gasteiger partial charge in [-0.2, -0.15) is 12.7 Å². The molecule has 1 fully saturated rings. The number of hydrogen-bond donors (Lipinski definition) is 3. The van der Waals surface area contributed by atoms with Crippen molar-refractivity contribution in [2.45, 2.75) is 6.10 Å². The summed E-state index contributed by atoms with van der Waals surface area (Å²) >= 11 is 0. The Morgan fingerprint density at radius 1 is 1.50 bits per heavy atom. The van der Waals surface area contributed by atoms with E-state index in [9.17, 15) is 13.5 Å². The number of hydrogen-bond acceptors (Lipinski definition) is 4. The van der Waals surface area contributed by atoms with Crippen molar-refractivity contribution < 1.29 is 18.6 Å². The van der Waals surface area contributed by atoms with E-state index in [-0.39, 0.29) is 19.7 Å². The molecule has 0 bridgehead atoms. The van der Waals surface area contributed by atoms with Gasteiger partial charge in [-0.25, -0.2) is 5.14 Å². The van der Waals surface area contributed by atoms with Crippen LogP contribution in [-0.4, -0.2) is 48.7 Å². The highest BCUT2D eigenvalue weighted by Crippen LogP contribution is 2.17. The van der Waals surface area contributed by atoms with Crippen molar-refractivity contribution in [1.82, 2.24) is 4.31 Å². The highest BCUT2D eigenvalue weighted by atomic mass is 32.2. The lowest BCUT2D eigenvalue weighted by atomic mass is 10.1. The summed E-state index contributed by atoms with van der Waals surface area (Å²) in [6.07, 6.45) is -0.812. The number of aliphatic hydroxyl groups excluding tert-OH is 2. The van der Waals surface area contributed by atoms with Crippen LogP contribution in [0.15, 0.2) is 0 Å². The van der Waals surface area contributed by atoms with E-state index in [0.29, 0.717) is 0 Å². The summed E-state index contributed by atoms with van der Waals surface area (Å²) in [5.41, 5.74) is 0. The molecule has 6 nitrogen and oxygen atoms in total. The summed E-state index contributed by atoms with van der Waals surface area (Å²) in [4.78, 5) is 0. The molecule has 1 heterocycles. The van der Waals surface area contributed by atoms with E-state index >= 15 is 0 Å². The standard InChI is InChI=1S/C5H12N2O4S/c6-12(10,11)7-1-4(3-8)5(9)2-7/h4-5,8-9H,1-3H2,(H2,6,10,11). The number of nitrogens with zero attached hydrogens (tertiary/aromatic N) is 1. The van der Waals surface area contributed by atoms with Crippen LogP contribution >= 0.6 is 0 Å². The molecular formula is C5H12N2O4S. The molecule has 0 amide bonds. The van der Waals surface area contributed by atoms with E-state index in [1.165, 1.54) is 0 Å². The minimum atomic E-state index is -3.72. The van der Waals surface area contributed by atoms with Gasteiger partial charge in [0.25, 0.3) is 10.2 Å². The van der Waals surface area contributed by atoms with Gasteiger partial charge in [-0.1, -0.05) is 0 Å². The van der Waals surface area contributed by atoms with E-state index in [1.54, 1.807) is 0 Å². The Morgan fingerprint density at radius 3 is 2.33 bits per heavy atom. The minimum absolute atomic E-state index is 0.0237. The molecule has 1 aliphatic rings. The van der Waals surface area contributed by atoms with Crippen LogP contribution in [0.3, 0.4) is 0 Å². The maximum absolute atomic E-state index is 10.8. The Kier molecular flexibility index (Phi) is 2.69. The number of nitrogens with two attached hydrogens (primary N) is 1. The van der Waals surface area contributed by atoms with Crippen molar-refractivity contribution in [3.05, 3.63) is 0 Å². The largest absolute Gasteiger partial charge is 0.396 e. The topological polar surface area (TPSA) is 104 Å². The summed E-state index contributed by atoms with van der Waals surface area (Å²) in [5, 5.41) is 22.7. The van der Waals surface area contributed by atoms with E-state index in [2.05, 4.69) is 0 Å². The Bertz CT molecular complexity index is 252.